The molecular weight excluding hydrogens is 390 g/mol. The van der Waals surface area contributed by atoms with Crippen LogP contribution < -0.4 is 21.7 Å². The molecule has 0 aromatic carbocycles. The number of hydrogen-bond donors (Lipinski definition) is 4. The first-order chi connectivity index (χ1) is 14.0. The van der Waals surface area contributed by atoms with E-state index in [9.17, 15) is 24.0 Å². The maximum atomic E-state index is 12.8. The van der Waals surface area contributed by atoms with Gasteiger partial charge in [-0.05, 0) is 31.6 Å². The molecule has 30 heavy (non-hydrogen) atoms. The third-order valence-corrected chi connectivity index (χ3v) is 5.00. The molecule has 0 aromatic rings. The second-order valence-corrected chi connectivity index (χ2v) is 8.33. The van der Waals surface area contributed by atoms with Crippen molar-refractivity contribution >= 4 is 29.9 Å². The molecular formula is C20H34N5O5. The van der Waals surface area contributed by atoms with Gasteiger partial charge in [0.25, 0.3) is 0 Å². The Kier molecular flexibility index (Phi) is 9.91. The van der Waals surface area contributed by atoms with Crippen LogP contribution >= 0.6 is 0 Å². The minimum absolute atomic E-state index is 0.209. The van der Waals surface area contributed by atoms with E-state index in [4.69, 9.17) is 5.73 Å². The largest absolute Gasteiger partial charge is 0.345 e. The third-order valence-electron chi connectivity index (χ3n) is 5.00. The van der Waals surface area contributed by atoms with E-state index in [1.54, 1.807) is 27.7 Å². The van der Waals surface area contributed by atoms with Crippen molar-refractivity contribution < 1.29 is 24.0 Å². The normalized spacial score (nSPS) is 19.2. The van der Waals surface area contributed by atoms with Gasteiger partial charge in [-0.25, -0.2) is 0 Å². The van der Waals surface area contributed by atoms with Crippen LogP contribution in [0.1, 0.15) is 47.5 Å². The summed E-state index contributed by atoms with van der Waals surface area (Å²) in [5, 5.41) is 7.69. The van der Waals surface area contributed by atoms with Gasteiger partial charge in [0.2, 0.25) is 29.9 Å². The second kappa shape index (κ2) is 11.6. The Bertz CT molecular complexity index is 649. The fraction of sp³-hybridized carbons (Fsp3) is 0.750. The Morgan fingerprint density at radius 1 is 1.00 bits per heavy atom. The minimum atomic E-state index is -0.840. The smallest absolute Gasteiger partial charge is 0.246 e. The monoisotopic (exact) mass is 424 g/mol. The van der Waals surface area contributed by atoms with Gasteiger partial charge < -0.3 is 26.6 Å². The molecule has 1 aliphatic heterocycles. The molecule has 5 N–H and O–H groups in total. The van der Waals surface area contributed by atoms with Gasteiger partial charge >= 0.3 is 0 Å². The van der Waals surface area contributed by atoms with E-state index in [0.717, 1.165) is 0 Å². The van der Waals surface area contributed by atoms with Gasteiger partial charge in [0.1, 0.15) is 12.1 Å². The number of rotatable bonds is 10. The molecule has 0 aliphatic carbocycles. The number of likely N-dealkylation sites (tertiary alicyclic amines) is 1. The van der Waals surface area contributed by atoms with Gasteiger partial charge in [0, 0.05) is 6.54 Å². The first-order valence-electron chi connectivity index (χ1n) is 10.3. The minimum Gasteiger partial charge on any atom is -0.345 e. The van der Waals surface area contributed by atoms with Gasteiger partial charge in [-0.1, -0.05) is 27.7 Å². The van der Waals surface area contributed by atoms with Crippen LogP contribution in [0.15, 0.2) is 0 Å². The zero-order valence-electron chi connectivity index (χ0n) is 18.4. The van der Waals surface area contributed by atoms with Gasteiger partial charge in [-0.2, -0.15) is 0 Å². The van der Waals surface area contributed by atoms with E-state index in [1.165, 1.54) is 11.8 Å². The van der Waals surface area contributed by atoms with Crippen LogP contribution in [0.2, 0.25) is 0 Å². The number of hydrogen-bond acceptors (Lipinski definition) is 6. The number of nitrogens with zero attached hydrogens (tertiary/aromatic N) is 1. The van der Waals surface area contributed by atoms with Crippen LogP contribution in [-0.4, -0.2) is 72.1 Å². The maximum Gasteiger partial charge on any atom is 0.246 e. The van der Waals surface area contributed by atoms with Crippen LogP contribution in [0.4, 0.5) is 0 Å². The number of carbonyl (C=O) groups excluding carboxylic acids is 5. The van der Waals surface area contributed by atoms with Gasteiger partial charge in [-0.15, -0.1) is 0 Å². The summed E-state index contributed by atoms with van der Waals surface area (Å²) in [6.45, 7) is 8.70. The van der Waals surface area contributed by atoms with Gasteiger partial charge in [-0.3, -0.25) is 24.0 Å². The van der Waals surface area contributed by atoms with E-state index in [2.05, 4.69) is 16.0 Å². The summed E-state index contributed by atoms with van der Waals surface area (Å²) < 4.78 is 0. The van der Waals surface area contributed by atoms with Crippen molar-refractivity contribution in [2.45, 2.75) is 71.6 Å². The first-order valence-corrected chi connectivity index (χ1v) is 10.3. The molecule has 1 heterocycles. The molecule has 0 bridgehead atoms. The Balaban J connectivity index is 2.69. The number of nitrogens with one attached hydrogen (secondary N) is 3. The van der Waals surface area contributed by atoms with E-state index >= 15 is 0 Å². The van der Waals surface area contributed by atoms with Crippen molar-refractivity contribution in [2.24, 2.45) is 17.6 Å². The van der Waals surface area contributed by atoms with Crippen LogP contribution in [0.3, 0.4) is 0 Å². The molecule has 0 aromatic heterocycles. The molecule has 4 atom stereocenters. The molecule has 1 aliphatic rings. The Morgan fingerprint density at radius 2 is 1.60 bits per heavy atom. The van der Waals surface area contributed by atoms with Crippen LogP contribution in [-0.2, 0) is 24.0 Å². The fourth-order valence-electron chi connectivity index (χ4n) is 3.17. The van der Waals surface area contributed by atoms with Crippen molar-refractivity contribution in [3.63, 3.8) is 0 Å². The Morgan fingerprint density at radius 3 is 2.10 bits per heavy atom. The summed E-state index contributed by atoms with van der Waals surface area (Å²) in [6.07, 6.45) is 3.15. The molecule has 1 radical (unpaired) electrons. The highest BCUT2D eigenvalue weighted by Gasteiger charge is 2.35. The number of amides is 4. The average molecular weight is 425 g/mol. The number of nitrogens with two attached hydrogens (primary N) is 1. The zero-order valence-corrected chi connectivity index (χ0v) is 18.4. The predicted molar refractivity (Wildman–Crippen MR) is 111 cm³/mol. The first kappa shape index (κ1) is 25.5. The lowest BCUT2D eigenvalue weighted by atomic mass is 10.0. The lowest BCUT2D eigenvalue weighted by Crippen LogP contribution is -2.56. The second-order valence-electron chi connectivity index (χ2n) is 8.33. The average Bonchev–Trinajstić information content (AvgIpc) is 3.15. The fourth-order valence-corrected chi connectivity index (χ4v) is 3.17. The van der Waals surface area contributed by atoms with Crippen LogP contribution in [0.25, 0.3) is 0 Å². The molecule has 10 nitrogen and oxygen atoms in total. The third kappa shape index (κ3) is 7.08. The maximum absolute atomic E-state index is 12.8. The highest BCUT2D eigenvalue weighted by molar-refractivity contribution is 5.93. The lowest BCUT2D eigenvalue weighted by Gasteiger charge is -2.29. The quantitative estimate of drug-likeness (QED) is 0.347. The van der Waals surface area contributed by atoms with Crippen LogP contribution in [0, 0.1) is 11.8 Å². The van der Waals surface area contributed by atoms with Gasteiger partial charge in [0.05, 0.1) is 18.6 Å². The van der Waals surface area contributed by atoms with Gasteiger partial charge in [0.15, 0.2) is 0 Å². The molecule has 1 saturated heterocycles. The summed E-state index contributed by atoms with van der Waals surface area (Å²) >= 11 is 0. The molecule has 0 spiro atoms. The topological polar surface area (TPSA) is 151 Å². The van der Waals surface area contributed by atoms with Crippen LogP contribution in [0.5, 0.6) is 0 Å². The molecule has 1 fully saturated rings. The van der Waals surface area contributed by atoms with Crippen molar-refractivity contribution in [1.29, 1.82) is 0 Å². The molecule has 169 valence electrons. The number of carbonyl (C=O) groups is 4. The zero-order chi connectivity index (χ0) is 23.0. The molecule has 4 amide bonds. The molecule has 4 unspecified atom stereocenters. The molecule has 1 rings (SSSR count). The SMILES string of the molecule is CC(N)C(=O)NC(C(=O)NCC(=O)NC(C(=O)N1CCCC1[C]=O)C(C)C)C(C)C. The summed E-state index contributed by atoms with van der Waals surface area (Å²) in [7, 11) is 0. The summed E-state index contributed by atoms with van der Waals surface area (Å²) in [5.74, 6) is -2.28. The summed E-state index contributed by atoms with van der Waals surface area (Å²) in [6, 6.07) is -3.01. The van der Waals surface area contributed by atoms with Crippen molar-refractivity contribution in [2.75, 3.05) is 13.1 Å². The summed E-state index contributed by atoms with van der Waals surface area (Å²) in [4.78, 5) is 61.9. The molecule has 10 heteroatoms. The molecule has 0 saturated carbocycles. The van der Waals surface area contributed by atoms with E-state index in [0.29, 0.717) is 19.4 Å². The van der Waals surface area contributed by atoms with E-state index in [1.807, 2.05) is 6.29 Å². The standard InChI is InChI=1S/C20H34N5O5/c1-11(2)16(24-18(28)13(5)21)19(29)22-9-15(27)23-17(12(3)4)20(30)25-8-6-7-14(25)10-26/h11-14,16-17H,6-9,21H2,1-5H3,(H,22,29)(H,23,27)(H,24,28). The van der Waals surface area contributed by atoms with Crippen molar-refractivity contribution in [3.8, 4) is 0 Å². The van der Waals surface area contributed by atoms with E-state index in [-0.39, 0.29) is 24.3 Å². The Hall–Kier alpha value is -2.49. The highest BCUT2D eigenvalue weighted by Crippen LogP contribution is 2.18. The van der Waals surface area contributed by atoms with Crippen molar-refractivity contribution in [1.82, 2.24) is 20.9 Å². The lowest BCUT2D eigenvalue weighted by molar-refractivity contribution is -0.137. The highest BCUT2D eigenvalue weighted by atomic mass is 16.2. The Labute approximate surface area is 177 Å². The van der Waals surface area contributed by atoms with E-state index < -0.39 is 41.9 Å². The van der Waals surface area contributed by atoms with Crippen molar-refractivity contribution in [3.05, 3.63) is 0 Å². The summed E-state index contributed by atoms with van der Waals surface area (Å²) in [5.41, 5.74) is 5.52. The predicted octanol–water partition coefficient (Wildman–Crippen LogP) is -1.17.